The fraction of sp³-hybridized carbons (Fsp3) is 0.647. The Bertz CT molecular complexity index is 446. The molecular formula is C17H26N2O. The van der Waals surface area contributed by atoms with Crippen LogP contribution < -0.4 is 4.74 Å². The smallest absolute Gasteiger partial charge is 0.124 e. The van der Waals surface area contributed by atoms with Crippen LogP contribution in [-0.2, 0) is 6.54 Å². The van der Waals surface area contributed by atoms with Gasteiger partial charge in [0, 0.05) is 38.3 Å². The van der Waals surface area contributed by atoms with Gasteiger partial charge in [0.05, 0.1) is 6.10 Å². The normalized spacial score (nSPS) is 27.2. The predicted octanol–water partition coefficient (Wildman–Crippen LogP) is 2.47. The highest BCUT2D eigenvalue weighted by Crippen LogP contribution is 2.32. The van der Waals surface area contributed by atoms with Gasteiger partial charge in [-0.15, -0.1) is 0 Å². The molecule has 3 rings (SSSR count). The van der Waals surface area contributed by atoms with Crippen LogP contribution in [0.15, 0.2) is 24.3 Å². The third-order valence-corrected chi connectivity index (χ3v) is 4.47. The molecule has 0 saturated carbocycles. The summed E-state index contributed by atoms with van der Waals surface area (Å²) in [6.45, 7) is 10.2. The molecule has 2 aliphatic rings. The zero-order valence-electron chi connectivity index (χ0n) is 12.9. The lowest BCUT2D eigenvalue weighted by molar-refractivity contribution is 0.229. The van der Waals surface area contributed by atoms with E-state index in [-0.39, 0.29) is 6.10 Å². The summed E-state index contributed by atoms with van der Waals surface area (Å²) >= 11 is 0. The van der Waals surface area contributed by atoms with Crippen molar-refractivity contribution in [1.29, 1.82) is 0 Å². The van der Waals surface area contributed by atoms with Gasteiger partial charge in [0.15, 0.2) is 0 Å². The van der Waals surface area contributed by atoms with E-state index in [9.17, 15) is 0 Å². The second kappa shape index (κ2) is 5.74. The van der Waals surface area contributed by atoms with Crippen LogP contribution in [0.1, 0.15) is 19.4 Å². The predicted molar refractivity (Wildman–Crippen MR) is 82.0 cm³/mol. The molecule has 0 amide bonds. The van der Waals surface area contributed by atoms with Gasteiger partial charge in [-0.05, 0) is 38.8 Å². The van der Waals surface area contributed by atoms with E-state index in [2.05, 4.69) is 55.0 Å². The maximum atomic E-state index is 5.93. The van der Waals surface area contributed by atoms with Crippen molar-refractivity contribution in [1.82, 2.24) is 9.80 Å². The van der Waals surface area contributed by atoms with E-state index in [4.69, 9.17) is 4.74 Å². The summed E-state index contributed by atoms with van der Waals surface area (Å²) in [7, 11) is 2.24. The standard InChI is InChI=1S/C17H26N2O/c1-13(2)20-17-7-5-4-6-14(17)10-19-11-15-8-18(3)9-16(15)12-19/h4-7,13,15-16H,8-12H2,1-3H3/t15-,16+. The van der Waals surface area contributed by atoms with Crippen LogP contribution in [0.25, 0.3) is 0 Å². The molecular weight excluding hydrogens is 248 g/mol. The van der Waals surface area contributed by atoms with Gasteiger partial charge < -0.3 is 9.64 Å². The molecule has 0 aromatic heterocycles. The Labute approximate surface area is 122 Å². The lowest BCUT2D eigenvalue weighted by Crippen LogP contribution is -2.26. The highest BCUT2D eigenvalue weighted by atomic mass is 16.5. The van der Waals surface area contributed by atoms with E-state index < -0.39 is 0 Å². The topological polar surface area (TPSA) is 15.7 Å². The van der Waals surface area contributed by atoms with Crippen molar-refractivity contribution in [2.75, 3.05) is 33.2 Å². The van der Waals surface area contributed by atoms with E-state index in [0.717, 1.165) is 24.1 Å². The Morgan fingerprint density at radius 3 is 2.40 bits per heavy atom. The highest BCUT2D eigenvalue weighted by Gasteiger charge is 2.38. The van der Waals surface area contributed by atoms with Gasteiger partial charge in [-0.2, -0.15) is 0 Å². The van der Waals surface area contributed by atoms with Gasteiger partial charge in [-0.25, -0.2) is 0 Å². The minimum absolute atomic E-state index is 0.239. The van der Waals surface area contributed by atoms with Gasteiger partial charge >= 0.3 is 0 Å². The zero-order valence-corrected chi connectivity index (χ0v) is 12.9. The van der Waals surface area contributed by atoms with Crippen LogP contribution in [0.2, 0.25) is 0 Å². The largest absolute Gasteiger partial charge is 0.491 e. The molecule has 0 spiro atoms. The van der Waals surface area contributed by atoms with E-state index in [0.29, 0.717) is 0 Å². The maximum Gasteiger partial charge on any atom is 0.124 e. The number of nitrogens with zero attached hydrogens (tertiary/aromatic N) is 2. The van der Waals surface area contributed by atoms with Gasteiger partial charge in [0.2, 0.25) is 0 Å². The first-order chi connectivity index (χ1) is 9.61. The van der Waals surface area contributed by atoms with Crippen molar-refractivity contribution >= 4 is 0 Å². The third kappa shape index (κ3) is 2.99. The molecule has 3 nitrogen and oxygen atoms in total. The number of para-hydroxylation sites is 1. The van der Waals surface area contributed by atoms with Crippen LogP contribution in [0.5, 0.6) is 5.75 Å². The van der Waals surface area contributed by atoms with Crippen LogP contribution in [0.4, 0.5) is 0 Å². The SMILES string of the molecule is CC(C)Oc1ccccc1CN1C[C@H]2CN(C)C[C@H]2C1. The van der Waals surface area contributed by atoms with Gasteiger partial charge in [0.1, 0.15) is 5.75 Å². The zero-order chi connectivity index (χ0) is 14.1. The fourth-order valence-corrected chi connectivity index (χ4v) is 3.70. The molecule has 1 aromatic rings. The van der Waals surface area contributed by atoms with E-state index in [1.165, 1.54) is 31.7 Å². The first kappa shape index (κ1) is 13.9. The molecule has 0 unspecified atom stereocenters. The van der Waals surface area contributed by atoms with Crippen LogP contribution in [-0.4, -0.2) is 49.1 Å². The maximum absolute atomic E-state index is 5.93. The van der Waals surface area contributed by atoms with E-state index >= 15 is 0 Å². The van der Waals surface area contributed by atoms with Crippen molar-refractivity contribution < 1.29 is 4.74 Å². The first-order valence-corrected chi connectivity index (χ1v) is 7.77. The van der Waals surface area contributed by atoms with Gasteiger partial charge in [0.25, 0.3) is 0 Å². The van der Waals surface area contributed by atoms with E-state index in [1.54, 1.807) is 0 Å². The molecule has 2 atom stereocenters. The number of benzene rings is 1. The summed E-state index contributed by atoms with van der Waals surface area (Å²) in [5.74, 6) is 2.80. The summed E-state index contributed by atoms with van der Waals surface area (Å²) in [6.07, 6.45) is 0.239. The van der Waals surface area contributed by atoms with Crippen molar-refractivity contribution in [3.8, 4) is 5.75 Å². The summed E-state index contributed by atoms with van der Waals surface area (Å²) in [4.78, 5) is 5.08. The van der Waals surface area contributed by atoms with Gasteiger partial charge in [-0.1, -0.05) is 18.2 Å². The number of fused-ring (bicyclic) bond motifs is 1. The molecule has 1 aromatic carbocycles. The minimum Gasteiger partial charge on any atom is -0.491 e. The van der Waals surface area contributed by atoms with Crippen molar-refractivity contribution in [2.24, 2.45) is 11.8 Å². The fourth-order valence-electron chi connectivity index (χ4n) is 3.70. The van der Waals surface area contributed by atoms with Crippen LogP contribution in [0, 0.1) is 11.8 Å². The molecule has 110 valence electrons. The number of rotatable bonds is 4. The van der Waals surface area contributed by atoms with Crippen molar-refractivity contribution in [3.63, 3.8) is 0 Å². The Morgan fingerprint density at radius 2 is 1.75 bits per heavy atom. The molecule has 2 aliphatic heterocycles. The number of likely N-dealkylation sites (tertiary alicyclic amines) is 2. The number of hydrogen-bond acceptors (Lipinski definition) is 3. The average Bonchev–Trinajstić information content (AvgIpc) is 2.87. The number of ether oxygens (including phenoxy) is 1. The molecule has 3 heteroatoms. The van der Waals surface area contributed by atoms with Crippen LogP contribution in [0.3, 0.4) is 0 Å². The summed E-state index contributed by atoms with van der Waals surface area (Å²) in [5, 5.41) is 0. The van der Waals surface area contributed by atoms with Crippen LogP contribution >= 0.6 is 0 Å². The summed E-state index contributed by atoms with van der Waals surface area (Å²) in [6, 6.07) is 8.49. The monoisotopic (exact) mass is 274 g/mol. The Kier molecular flexibility index (Phi) is 3.99. The Morgan fingerprint density at radius 1 is 1.10 bits per heavy atom. The highest BCUT2D eigenvalue weighted by molar-refractivity contribution is 5.33. The third-order valence-electron chi connectivity index (χ3n) is 4.47. The Balaban J connectivity index is 1.64. The second-order valence-electron chi connectivity index (χ2n) is 6.71. The summed E-state index contributed by atoms with van der Waals surface area (Å²) < 4.78 is 5.93. The lowest BCUT2D eigenvalue weighted by Gasteiger charge is -2.21. The van der Waals surface area contributed by atoms with Crippen molar-refractivity contribution in [2.45, 2.75) is 26.5 Å². The number of hydrogen-bond donors (Lipinski definition) is 0. The molecule has 0 bridgehead atoms. The lowest BCUT2D eigenvalue weighted by atomic mass is 10.0. The molecule has 2 fully saturated rings. The first-order valence-electron chi connectivity index (χ1n) is 7.77. The second-order valence-corrected chi connectivity index (χ2v) is 6.71. The molecule has 0 N–H and O–H groups in total. The molecule has 20 heavy (non-hydrogen) atoms. The Hall–Kier alpha value is -1.06. The van der Waals surface area contributed by atoms with Crippen molar-refractivity contribution in [3.05, 3.63) is 29.8 Å². The average molecular weight is 274 g/mol. The molecule has 2 saturated heterocycles. The molecule has 0 radical (unpaired) electrons. The quantitative estimate of drug-likeness (QED) is 0.839. The van der Waals surface area contributed by atoms with Gasteiger partial charge in [-0.3, -0.25) is 4.90 Å². The van der Waals surface area contributed by atoms with E-state index in [1.807, 2.05) is 0 Å². The molecule has 0 aliphatic carbocycles. The molecule has 2 heterocycles. The summed E-state index contributed by atoms with van der Waals surface area (Å²) in [5.41, 5.74) is 1.33. The minimum atomic E-state index is 0.239.